The highest BCUT2D eigenvalue weighted by molar-refractivity contribution is 7.39. The van der Waals surface area contributed by atoms with E-state index in [0.29, 0.717) is 16.4 Å². The predicted molar refractivity (Wildman–Crippen MR) is 76.2 cm³/mol. The van der Waals surface area contributed by atoms with Crippen LogP contribution in [-0.2, 0) is 9.47 Å². The second-order valence-electron chi connectivity index (χ2n) is 4.14. The first-order chi connectivity index (χ1) is 9.01. The zero-order valence-electron chi connectivity index (χ0n) is 10.9. The monoisotopic (exact) mass is 298 g/mol. The van der Waals surface area contributed by atoms with Crippen molar-refractivity contribution in [1.29, 1.82) is 0 Å². The molecule has 2 rings (SSSR count). The molecule has 19 heavy (non-hydrogen) atoms. The molecule has 0 spiro atoms. The average Bonchev–Trinajstić information content (AvgIpc) is 2.85. The summed E-state index contributed by atoms with van der Waals surface area (Å²) in [6.45, 7) is 5.75. The Morgan fingerprint density at radius 2 is 1.74 bits per heavy atom. The molecule has 0 aromatic carbocycles. The minimum atomic E-state index is -0.318. The van der Waals surface area contributed by atoms with E-state index >= 15 is 0 Å². The third kappa shape index (κ3) is 3.13. The van der Waals surface area contributed by atoms with Crippen molar-refractivity contribution in [2.75, 3.05) is 6.61 Å². The topological polar surface area (TPSA) is 52.6 Å². The quantitative estimate of drug-likeness (QED) is 0.808. The SMILES string of the molecule is CCOC(=O)c1cc2cc(C(=O)OC(C)C)sc2s1. The zero-order chi connectivity index (χ0) is 14.0. The molecule has 0 bridgehead atoms. The molecule has 0 amide bonds. The van der Waals surface area contributed by atoms with Crippen molar-refractivity contribution in [3.05, 3.63) is 21.9 Å². The molecule has 2 heterocycles. The Morgan fingerprint density at radius 1 is 1.16 bits per heavy atom. The molecule has 2 aromatic heterocycles. The number of esters is 2. The summed E-state index contributed by atoms with van der Waals surface area (Å²) in [6.07, 6.45) is -0.136. The lowest BCUT2D eigenvalue weighted by atomic mass is 10.3. The molecule has 0 saturated heterocycles. The third-order valence-corrected chi connectivity index (χ3v) is 4.59. The molecule has 0 unspecified atom stereocenters. The van der Waals surface area contributed by atoms with Crippen LogP contribution >= 0.6 is 22.7 Å². The minimum absolute atomic E-state index is 0.136. The van der Waals surface area contributed by atoms with Gasteiger partial charge in [-0.1, -0.05) is 0 Å². The van der Waals surface area contributed by atoms with E-state index < -0.39 is 0 Å². The van der Waals surface area contributed by atoms with Crippen molar-refractivity contribution < 1.29 is 19.1 Å². The third-order valence-electron chi connectivity index (χ3n) is 2.23. The molecule has 0 fully saturated rings. The number of fused-ring (bicyclic) bond motifs is 1. The summed E-state index contributed by atoms with van der Waals surface area (Å²) >= 11 is 2.68. The van der Waals surface area contributed by atoms with Gasteiger partial charge in [-0.2, -0.15) is 0 Å². The van der Waals surface area contributed by atoms with Gasteiger partial charge in [0.05, 0.1) is 16.7 Å². The van der Waals surface area contributed by atoms with Crippen LogP contribution in [0.25, 0.3) is 9.40 Å². The van der Waals surface area contributed by atoms with E-state index in [1.54, 1.807) is 19.1 Å². The highest BCUT2D eigenvalue weighted by Crippen LogP contribution is 2.34. The van der Waals surface area contributed by atoms with Gasteiger partial charge in [0, 0.05) is 5.39 Å². The van der Waals surface area contributed by atoms with Crippen LogP contribution in [0.4, 0.5) is 0 Å². The van der Waals surface area contributed by atoms with Gasteiger partial charge in [-0.05, 0) is 32.9 Å². The van der Waals surface area contributed by atoms with Crippen LogP contribution in [0.15, 0.2) is 12.1 Å². The summed E-state index contributed by atoms with van der Waals surface area (Å²) in [5, 5.41) is 0.883. The lowest BCUT2D eigenvalue weighted by Crippen LogP contribution is -2.09. The van der Waals surface area contributed by atoms with Crippen molar-refractivity contribution in [3.8, 4) is 0 Å². The molecule has 0 aliphatic heterocycles. The molecule has 0 atom stereocenters. The Hall–Kier alpha value is -1.40. The van der Waals surface area contributed by atoms with Gasteiger partial charge in [0.1, 0.15) is 9.75 Å². The number of carbonyl (C=O) groups excluding carboxylic acids is 2. The molecule has 0 aliphatic carbocycles. The number of rotatable bonds is 4. The molecule has 102 valence electrons. The molecule has 0 saturated carbocycles. The van der Waals surface area contributed by atoms with Crippen molar-refractivity contribution >= 4 is 44.0 Å². The van der Waals surface area contributed by atoms with Crippen LogP contribution in [0.1, 0.15) is 40.1 Å². The first-order valence-electron chi connectivity index (χ1n) is 5.92. The van der Waals surface area contributed by atoms with E-state index in [2.05, 4.69) is 0 Å². The number of hydrogen-bond acceptors (Lipinski definition) is 6. The Morgan fingerprint density at radius 3 is 2.21 bits per heavy atom. The van der Waals surface area contributed by atoms with E-state index in [1.165, 1.54) is 22.7 Å². The van der Waals surface area contributed by atoms with Crippen LogP contribution in [0.3, 0.4) is 0 Å². The number of ether oxygens (including phenoxy) is 2. The van der Waals surface area contributed by atoms with Crippen LogP contribution in [0.2, 0.25) is 0 Å². The first kappa shape index (κ1) is 14.0. The van der Waals surface area contributed by atoms with Gasteiger partial charge in [-0.15, -0.1) is 22.7 Å². The Balaban J connectivity index is 2.22. The van der Waals surface area contributed by atoms with E-state index in [1.807, 2.05) is 13.8 Å². The Bertz CT molecular complexity index is 578. The van der Waals surface area contributed by atoms with Crippen molar-refractivity contribution in [2.45, 2.75) is 26.9 Å². The summed E-state index contributed by atoms with van der Waals surface area (Å²) < 4.78 is 11.0. The molecule has 0 N–H and O–H groups in total. The van der Waals surface area contributed by atoms with Crippen molar-refractivity contribution in [3.63, 3.8) is 0 Å². The minimum Gasteiger partial charge on any atom is -0.462 e. The zero-order valence-corrected chi connectivity index (χ0v) is 12.5. The Kier molecular flexibility index (Phi) is 4.21. The molecule has 2 aromatic rings. The predicted octanol–water partition coefficient (Wildman–Crippen LogP) is 3.70. The van der Waals surface area contributed by atoms with E-state index in [-0.39, 0.29) is 18.0 Å². The Labute approximate surface area is 118 Å². The van der Waals surface area contributed by atoms with E-state index in [0.717, 1.165) is 9.40 Å². The smallest absolute Gasteiger partial charge is 0.348 e. The molecular formula is C13H14O4S2. The van der Waals surface area contributed by atoms with Gasteiger partial charge in [-0.3, -0.25) is 0 Å². The molecular weight excluding hydrogens is 284 g/mol. The fourth-order valence-electron chi connectivity index (χ4n) is 1.51. The first-order valence-corrected chi connectivity index (χ1v) is 7.56. The number of carbonyl (C=O) groups is 2. The van der Waals surface area contributed by atoms with E-state index in [9.17, 15) is 9.59 Å². The maximum absolute atomic E-state index is 11.7. The van der Waals surface area contributed by atoms with Gasteiger partial charge in [0.2, 0.25) is 0 Å². The second-order valence-corrected chi connectivity index (χ2v) is 6.50. The summed E-state index contributed by atoms with van der Waals surface area (Å²) in [7, 11) is 0. The second kappa shape index (κ2) is 5.71. The van der Waals surface area contributed by atoms with E-state index in [4.69, 9.17) is 9.47 Å². The summed E-state index contributed by atoms with van der Waals surface area (Å²) in [4.78, 5) is 24.4. The average molecular weight is 298 g/mol. The summed E-state index contributed by atoms with van der Waals surface area (Å²) in [5.74, 6) is -0.636. The maximum atomic E-state index is 11.7. The van der Waals surface area contributed by atoms with Gasteiger partial charge in [-0.25, -0.2) is 9.59 Å². The molecule has 0 radical (unpaired) electrons. The fourth-order valence-corrected chi connectivity index (χ4v) is 3.74. The number of hydrogen-bond donors (Lipinski definition) is 0. The van der Waals surface area contributed by atoms with Crippen molar-refractivity contribution in [2.24, 2.45) is 0 Å². The van der Waals surface area contributed by atoms with Crippen molar-refractivity contribution in [1.82, 2.24) is 0 Å². The summed E-state index contributed by atoms with van der Waals surface area (Å²) in [6, 6.07) is 3.50. The lowest BCUT2D eigenvalue weighted by molar-refractivity contribution is 0.0383. The fraction of sp³-hybridized carbons (Fsp3) is 0.385. The van der Waals surface area contributed by atoms with Gasteiger partial charge < -0.3 is 9.47 Å². The van der Waals surface area contributed by atoms with Crippen LogP contribution < -0.4 is 0 Å². The standard InChI is InChI=1S/C13H14O4S2/c1-4-16-11(14)9-5-8-6-10(19-13(8)18-9)12(15)17-7(2)3/h5-7H,4H2,1-3H3. The van der Waals surface area contributed by atoms with Crippen LogP contribution in [0.5, 0.6) is 0 Å². The van der Waals surface area contributed by atoms with Gasteiger partial charge in [0.25, 0.3) is 0 Å². The summed E-state index contributed by atoms with van der Waals surface area (Å²) in [5.41, 5.74) is 0. The van der Waals surface area contributed by atoms with Crippen LogP contribution in [-0.4, -0.2) is 24.6 Å². The lowest BCUT2D eigenvalue weighted by Gasteiger charge is -2.05. The highest BCUT2D eigenvalue weighted by Gasteiger charge is 2.17. The van der Waals surface area contributed by atoms with Gasteiger partial charge in [0.15, 0.2) is 0 Å². The molecule has 0 aliphatic rings. The largest absolute Gasteiger partial charge is 0.462 e. The normalized spacial score (nSPS) is 10.9. The van der Waals surface area contributed by atoms with Crippen LogP contribution in [0, 0.1) is 0 Å². The maximum Gasteiger partial charge on any atom is 0.348 e. The molecule has 4 nitrogen and oxygen atoms in total. The highest BCUT2D eigenvalue weighted by atomic mass is 32.2. The van der Waals surface area contributed by atoms with Gasteiger partial charge >= 0.3 is 11.9 Å². The number of thiophene rings is 2. The molecule has 6 heteroatoms.